The fourth-order valence-corrected chi connectivity index (χ4v) is 1.52. The monoisotopic (exact) mass is 205 g/mol. The average Bonchev–Trinajstić information content (AvgIpc) is 2.12. The second-order valence-electron chi connectivity index (χ2n) is 4.07. The third kappa shape index (κ3) is 2.17. The van der Waals surface area contributed by atoms with Crippen LogP contribution in [0.15, 0.2) is 12.3 Å². The minimum atomic E-state index is 0.0424. The second-order valence-corrected chi connectivity index (χ2v) is 4.07. The van der Waals surface area contributed by atoms with Crippen LogP contribution in [0.2, 0.25) is 0 Å². The number of rotatable bonds is 3. The highest BCUT2D eigenvalue weighted by atomic mass is 16.5. The number of hydrogen-bond acceptors (Lipinski definition) is 3. The fourth-order valence-electron chi connectivity index (χ4n) is 1.52. The van der Waals surface area contributed by atoms with Gasteiger partial charge in [-0.05, 0) is 39.2 Å². The van der Waals surface area contributed by atoms with Gasteiger partial charge in [0.05, 0.1) is 0 Å². The van der Waals surface area contributed by atoms with Gasteiger partial charge in [0.2, 0.25) is 5.88 Å². The van der Waals surface area contributed by atoms with Gasteiger partial charge >= 0.3 is 0 Å². The molecule has 0 saturated heterocycles. The van der Waals surface area contributed by atoms with Crippen molar-refractivity contribution in [2.45, 2.75) is 39.2 Å². The Kier molecular flexibility index (Phi) is 2.71. The van der Waals surface area contributed by atoms with Crippen LogP contribution < -0.4 is 4.74 Å². The maximum Gasteiger partial charge on any atom is 0.216 e. The van der Waals surface area contributed by atoms with E-state index in [1.165, 1.54) is 6.42 Å². The Morgan fingerprint density at radius 1 is 1.53 bits per heavy atom. The van der Waals surface area contributed by atoms with E-state index in [1.807, 2.05) is 13.0 Å². The van der Waals surface area contributed by atoms with Gasteiger partial charge in [-0.3, -0.25) is 4.79 Å². The minimum absolute atomic E-state index is 0.0424. The number of carbonyl (C=O) groups excluding carboxylic acids is 1. The molecule has 0 aliphatic heterocycles. The highest BCUT2D eigenvalue weighted by Crippen LogP contribution is 2.26. The van der Waals surface area contributed by atoms with Crippen molar-refractivity contribution in [3.05, 3.63) is 23.4 Å². The van der Waals surface area contributed by atoms with Crippen molar-refractivity contribution < 1.29 is 9.53 Å². The van der Waals surface area contributed by atoms with Crippen molar-refractivity contribution in [3.63, 3.8) is 0 Å². The van der Waals surface area contributed by atoms with Gasteiger partial charge in [-0.15, -0.1) is 0 Å². The third-order valence-electron chi connectivity index (χ3n) is 2.77. The van der Waals surface area contributed by atoms with Crippen LogP contribution in [0, 0.1) is 6.92 Å². The molecule has 80 valence electrons. The predicted octanol–water partition coefficient (Wildman–Crippen LogP) is 2.52. The van der Waals surface area contributed by atoms with E-state index in [0.29, 0.717) is 17.5 Å². The first-order chi connectivity index (χ1) is 7.16. The summed E-state index contributed by atoms with van der Waals surface area (Å²) in [4.78, 5) is 15.3. The number of aryl methyl sites for hydroxylation is 1. The molecule has 0 amide bonds. The number of hydrogen-bond donors (Lipinski definition) is 0. The summed E-state index contributed by atoms with van der Waals surface area (Å²) >= 11 is 0. The SMILES string of the molecule is CC(=O)c1cnc(OC2CCC2)c(C)c1. The smallest absolute Gasteiger partial charge is 0.216 e. The maximum atomic E-state index is 11.1. The highest BCUT2D eigenvalue weighted by Gasteiger charge is 2.20. The second kappa shape index (κ2) is 4.01. The quantitative estimate of drug-likeness (QED) is 0.712. The molecule has 0 atom stereocenters. The maximum absolute atomic E-state index is 11.1. The van der Waals surface area contributed by atoms with Crippen LogP contribution >= 0.6 is 0 Å². The minimum Gasteiger partial charge on any atom is -0.474 e. The summed E-state index contributed by atoms with van der Waals surface area (Å²) in [6.07, 6.45) is 5.41. The predicted molar refractivity (Wildman–Crippen MR) is 57.2 cm³/mol. The van der Waals surface area contributed by atoms with Crippen LogP contribution in [0.3, 0.4) is 0 Å². The number of Topliss-reactive ketones (excluding diaryl/α,β-unsaturated/α-hetero) is 1. The molecule has 0 aromatic carbocycles. The Morgan fingerprint density at radius 3 is 2.73 bits per heavy atom. The fraction of sp³-hybridized carbons (Fsp3) is 0.500. The Morgan fingerprint density at radius 2 is 2.27 bits per heavy atom. The Labute approximate surface area is 89.5 Å². The van der Waals surface area contributed by atoms with E-state index >= 15 is 0 Å². The first kappa shape index (κ1) is 10.1. The molecule has 1 aliphatic carbocycles. The van der Waals surface area contributed by atoms with Gasteiger partial charge in [-0.25, -0.2) is 4.98 Å². The van der Waals surface area contributed by atoms with Crippen molar-refractivity contribution in [2.75, 3.05) is 0 Å². The van der Waals surface area contributed by atoms with Crippen molar-refractivity contribution in [3.8, 4) is 5.88 Å². The molecule has 2 rings (SSSR count). The van der Waals surface area contributed by atoms with Crippen molar-refractivity contribution in [1.82, 2.24) is 4.98 Å². The molecule has 0 N–H and O–H groups in total. The molecule has 0 spiro atoms. The topological polar surface area (TPSA) is 39.2 Å². The largest absolute Gasteiger partial charge is 0.474 e. The molecule has 1 aromatic heterocycles. The summed E-state index contributed by atoms with van der Waals surface area (Å²) in [5.74, 6) is 0.713. The van der Waals surface area contributed by atoms with Crippen LogP contribution in [0.4, 0.5) is 0 Å². The summed E-state index contributed by atoms with van der Waals surface area (Å²) < 4.78 is 5.69. The standard InChI is InChI=1S/C12H15NO2/c1-8-6-10(9(2)14)7-13-12(8)15-11-4-3-5-11/h6-7,11H,3-5H2,1-2H3. The van der Waals surface area contributed by atoms with E-state index in [9.17, 15) is 4.79 Å². The van der Waals surface area contributed by atoms with Crippen LogP contribution in [-0.4, -0.2) is 16.9 Å². The summed E-state index contributed by atoms with van der Waals surface area (Å²) in [6.45, 7) is 3.47. The molecule has 1 heterocycles. The number of ketones is 1. The van der Waals surface area contributed by atoms with Crippen LogP contribution in [0.1, 0.15) is 42.1 Å². The summed E-state index contributed by atoms with van der Waals surface area (Å²) in [5, 5.41) is 0. The van der Waals surface area contributed by atoms with E-state index in [-0.39, 0.29) is 5.78 Å². The molecule has 0 radical (unpaired) electrons. The average molecular weight is 205 g/mol. The first-order valence-electron chi connectivity index (χ1n) is 5.31. The number of nitrogens with zero attached hydrogens (tertiary/aromatic N) is 1. The molecule has 3 heteroatoms. The number of carbonyl (C=O) groups is 1. The zero-order chi connectivity index (χ0) is 10.8. The molecule has 0 bridgehead atoms. The van der Waals surface area contributed by atoms with Gasteiger partial charge in [-0.1, -0.05) is 0 Å². The van der Waals surface area contributed by atoms with Crippen molar-refractivity contribution in [2.24, 2.45) is 0 Å². The Hall–Kier alpha value is -1.38. The van der Waals surface area contributed by atoms with E-state index in [0.717, 1.165) is 18.4 Å². The molecule has 0 unspecified atom stereocenters. The Bertz CT molecular complexity index is 383. The molecular weight excluding hydrogens is 190 g/mol. The molecule has 1 saturated carbocycles. The number of pyridine rings is 1. The van der Waals surface area contributed by atoms with E-state index in [1.54, 1.807) is 13.1 Å². The number of aromatic nitrogens is 1. The third-order valence-corrected chi connectivity index (χ3v) is 2.77. The zero-order valence-corrected chi connectivity index (χ0v) is 9.12. The number of ether oxygens (including phenoxy) is 1. The van der Waals surface area contributed by atoms with Gasteiger partial charge in [0, 0.05) is 17.3 Å². The van der Waals surface area contributed by atoms with Gasteiger partial charge in [0.25, 0.3) is 0 Å². The first-order valence-corrected chi connectivity index (χ1v) is 5.31. The normalized spacial score (nSPS) is 15.9. The van der Waals surface area contributed by atoms with E-state index < -0.39 is 0 Å². The molecule has 1 aliphatic rings. The molecule has 1 fully saturated rings. The van der Waals surface area contributed by atoms with Gasteiger partial charge in [0.15, 0.2) is 5.78 Å². The van der Waals surface area contributed by atoms with Gasteiger partial charge in [-0.2, -0.15) is 0 Å². The van der Waals surface area contributed by atoms with Crippen LogP contribution in [0.25, 0.3) is 0 Å². The van der Waals surface area contributed by atoms with Gasteiger partial charge in [0.1, 0.15) is 6.10 Å². The molecular formula is C12H15NO2. The lowest BCUT2D eigenvalue weighted by Gasteiger charge is -2.26. The molecule has 3 nitrogen and oxygen atoms in total. The van der Waals surface area contributed by atoms with Gasteiger partial charge < -0.3 is 4.74 Å². The zero-order valence-electron chi connectivity index (χ0n) is 9.12. The molecule has 1 aromatic rings. The van der Waals surface area contributed by atoms with E-state index in [4.69, 9.17) is 4.74 Å². The lowest BCUT2D eigenvalue weighted by molar-refractivity contribution is 0.101. The summed E-state index contributed by atoms with van der Waals surface area (Å²) in [7, 11) is 0. The lowest BCUT2D eigenvalue weighted by atomic mass is 9.96. The highest BCUT2D eigenvalue weighted by molar-refractivity contribution is 5.93. The Balaban J connectivity index is 2.14. The van der Waals surface area contributed by atoms with Crippen molar-refractivity contribution >= 4 is 5.78 Å². The molecule has 15 heavy (non-hydrogen) atoms. The van der Waals surface area contributed by atoms with Crippen LogP contribution in [-0.2, 0) is 0 Å². The lowest BCUT2D eigenvalue weighted by Crippen LogP contribution is -2.25. The summed E-state index contributed by atoms with van der Waals surface area (Å²) in [5.41, 5.74) is 1.59. The van der Waals surface area contributed by atoms with E-state index in [2.05, 4.69) is 4.98 Å². The summed E-state index contributed by atoms with van der Waals surface area (Å²) in [6, 6.07) is 1.84. The van der Waals surface area contributed by atoms with Crippen LogP contribution in [0.5, 0.6) is 5.88 Å². The van der Waals surface area contributed by atoms with Crippen molar-refractivity contribution in [1.29, 1.82) is 0 Å².